The van der Waals surface area contributed by atoms with E-state index in [0.717, 1.165) is 19.4 Å². The molecule has 0 fully saturated rings. The summed E-state index contributed by atoms with van der Waals surface area (Å²) in [5.41, 5.74) is 5.44. The lowest BCUT2D eigenvalue weighted by atomic mass is 10.2. The Hall–Kier alpha value is -0.150. The Morgan fingerprint density at radius 2 is 2.00 bits per heavy atom. The van der Waals surface area contributed by atoms with E-state index in [1.165, 1.54) is 13.0 Å². The molecule has 0 saturated carbocycles. The van der Waals surface area contributed by atoms with E-state index < -0.39 is 0 Å². The maximum absolute atomic E-state index is 5.44. The Morgan fingerprint density at radius 3 is 2.38 bits per heavy atom. The fourth-order valence-corrected chi connectivity index (χ4v) is 1.52. The van der Waals surface area contributed by atoms with Gasteiger partial charge in [0.25, 0.3) is 0 Å². The van der Waals surface area contributed by atoms with E-state index in [-0.39, 0.29) is 0 Å². The monoisotopic (exact) mass is 202 g/mol. The van der Waals surface area contributed by atoms with Gasteiger partial charge in [0.05, 0.1) is 4.99 Å². The Balaban J connectivity index is 3.62. The van der Waals surface area contributed by atoms with Crippen molar-refractivity contribution in [3.05, 3.63) is 0 Å². The van der Waals surface area contributed by atoms with Gasteiger partial charge in [0.1, 0.15) is 0 Å². The van der Waals surface area contributed by atoms with Crippen molar-refractivity contribution in [3.63, 3.8) is 0 Å². The Kier molecular flexibility index (Phi) is 7.19. The lowest BCUT2D eigenvalue weighted by Gasteiger charge is -2.25. The molecule has 0 atom stereocenters. The minimum absolute atomic E-state index is 0.631. The lowest BCUT2D eigenvalue weighted by molar-refractivity contribution is 0.221. The molecule has 0 aliphatic carbocycles. The van der Waals surface area contributed by atoms with Gasteiger partial charge in [-0.1, -0.05) is 19.1 Å². The van der Waals surface area contributed by atoms with Crippen molar-refractivity contribution in [1.82, 2.24) is 4.90 Å². The Morgan fingerprint density at radius 1 is 1.38 bits per heavy atom. The first-order valence-electron chi connectivity index (χ1n) is 5.10. The normalized spacial score (nSPS) is 11.2. The molecule has 0 aromatic heterocycles. The van der Waals surface area contributed by atoms with Crippen molar-refractivity contribution in [3.8, 4) is 0 Å². The highest BCUT2D eigenvalue weighted by molar-refractivity contribution is 7.80. The topological polar surface area (TPSA) is 29.3 Å². The molecule has 3 heteroatoms. The van der Waals surface area contributed by atoms with Crippen LogP contribution in [0.1, 0.15) is 40.0 Å². The minimum atomic E-state index is 0.631. The predicted octanol–water partition coefficient (Wildman–Crippen LogP) is 2.17. The number of nitrogens with two attached hydrogens (primary N) is 1. The van der Waals surface area contributed by atoms with E-state index in [9.17, 15) is 0 Å². The van der Waals surface area contributed by atoms with Crippen LogP contribution in [0.15, 0.2) is 0 Å². The van der Waals surface area contributed by atoms with Gasteiger partial charge in [-0.05, 0) is 46.2 Å². The van der Waals surface area contributed by atoms with Crippen LogP contribution in [-0.2, 0) is 0 Å². The summed E-state index contributed by atoms with van der Waals surface area (Å²) < 4.78 is 0. The summed E-state index contributed by atoms with van der Waals surface area (Å²) in [7, 11) is 0. The third kappa shape index (κ3) is 6.96. The van der Waals surface area contributed by atoms with Crippen LogP contribution in [0.2, 0.25) is 0 Å². The van der Waals surface area contributed by atoms with E-state index >= 15 is 0 Å². The molecule has 0 rings (SSSR count). The van der Waals surface area contributed by atoms with E-state index in [0.29, 0.717) is 11.0 Å². The third-order valence-corrected chi connectivity index (χ3v) is 2.31. The maximum Gasteiger partial charge on any atom is 0.0727 e. The zero-order valence-corrected chi connectivity index (χ0v) is 9.86. The summed E-state index contributed by atoms with van der Waals surface area (Å²) >= 11 is 4.84. The second kappa shape index (κ2) is 7.27. The van der Waals surface area contributed by atoms with Crippen LogP contribution in [0.5, 0.6) is 0 Å². The number of rotatable bonds is 7. The van der Waals surface area contributed by atoms with Crippen molar-refractivity contribution in [2.45, 2.75) is 46.1 Å². The van der Waals surface area contributed by atoms with Crippen LogP contribution in [0.3, 0.4) is 0 Å². The quantitative estimate of drug-likeness (QED) is 0.642. The predicted molar refractivity (Wildman–Crippen MR) is 63.0 cm³/mol. The molecule has 0 heterocycles. The van der Waals surface area contributed by atoms with Crippen LogP contribution in [-0.4, -0.2) is 29.0 Å². The van der Waals surface area contributed by atoms with Crippen molar-refractivity contribution in [2.75, 3.05) is 13.1 Å². The first-order chi connectivity index (χ1) is 6.07. The van der Waals surface area contributed by atoms with Crippen molar-refractivity contribution < 1.29 is 0 Å². The molecular formula is C10H22N2S. The fraction of sp³-hybridized carbons (Fsp3) is 0.900. The number of hydrogen-bond acceptors (Lipinski definition) is 2. The van der Waals surface area contributed by atoms with Gasteiger partial charge in [-0.25, -0.2) is 0 Å². The van der Waals surface area contributed by atoms with Gasteiger partial charge in [-0.15, -0.1) is 0 Å². The minimum Gasteiger partial charge on any atom is -0.393 e. The van der Waals surface area contributed by atoms with Crippen LogP contribution in [0.25, 0.3) is 0 Å². The standard InChI is InChI=1S/C10H22N2S/c1-4-7-12(9(2)3)8-5-6-10(11)13/h9H,4-8H2,1-3H3,(H2,11,13). The third-order valence-electron chi connectivity index (χ3n) is 2.11. The van der Waals surface area contributed by atoms with Crippen LogP contribution < -0.4 is 5.73 Å². The molecule has 0 saturated heterocycles. The average molecular weight is 202 g/mol. The van der Waals surface area contributed by atoms with Gasteiger partial charge >= 0.3 is 0 Å². The molecule has 13 heavy (non-hydrogen) atoms. The number of hydrogen-bond donors (Lipinski definition) is 1. The summed E-state index contributed by atoms with van der Waals surface area (Å²) in [6.07, 6.45) is 3.18. The van der Waals surface area contributed by atoms with Gasteiger partial charge in [-0.2, -0.15) is 0 Å². The highest BCUT2D eigenvalue weighted by atomic mass is 32.1. The molecule has 0 radical (unpaired) electrons. The molecule has 2 nitrogen and oxygen atoms in total. The molecule has 0 bridgehead atoms. The smallest absolute Gasteiger partial charge is 0.0727 e. The Labute approximate surface area is 87.5 Å². The molecule has 0 aromatic carbocycles. The zero-order chi connectivity index (χ0) is 10.3. The van der Waals surface area contributed by atoms with E-state index in [2.05, 4.69) is 25.7 Å². The second-order valence-electron chi connectivity index (χ2n) is 3.70. The van der Waals surface area contributed by atoms with Crippen LogP contribution >= 0.6 is 12.2 Å². The summed E-state index contributed by atoms with van der Waals surface area (Å²) in [5.74, 6) is 0. The number of nitrogens with zero attached hydrogens (tertiary/aromatic N) is 1. The summed E-state index contributed by atoms with van der Waals surface area (Å²) in [6.45, 7) is 8.97. The van der Waals surface area contributed by atoms with Gasteiger partial charge in [0, 0.05) is 6.04 Å². The first kappa shape index (κ1) is 12.8. The summed E-state index contributed by atoms with van der Waals surface area (Å²) in [4.78, 5) is 3.11. The second-order valence-corrected chi connectivity index (χ2v) is 4.22. The molecule has 0 aliphatic rings. The molecule has 0 aliphatic heterocycles. The molecule has 0 aromatic rings. The van der Waals surface area contributed by atoms with Gasteiger partial charge in [0.2, 0.25) is 0 Å². The lowest BCUT2D eigenvalue weighted by Crippen LogP contribution is -2.32. The maximum atomic E-state index is 5.44. The fourth-order valence-electron chi connectivity index (χ4n) is 1.37. The highest BCUT2D eigenvalue weighted by Gasteiger charge is 2.07. The van der Waals surface area contributed by atoms with Gasteiger partial charge in [-0.3, -0.25) is 0 Å². The molecule has 2 N–H and O–H groups in total. The van der Waals surface area contributed by atoms with Crippen LogP contribution in [0.4, 0.5) is 0 Å². The van der Waals surface area contributed by atoms with Crippen molar-refractivity contribution in [1.29, 1.82) is 0 Å². The van der Waals surface area contributed by atoms with Gasteiger partial charge in [0.15, 0.2) is 0 Å². The molecule has 78 valence electrons. The van der Waals surface area contributed by atoms with Gasteiger partial charge < -0.3 is 10.6 Å². The average Bonchev–Trinajstić information content (AvgIpc) is 2.02. The first-order valence-corrected chi connectivity index (χ1v) is 5.51. The number of thiocarbonyl (C=S) groups is 1. The van der Waals surface area contributed by atoms with Crippen molar-refractivity contribution >= 4 is 17.2 Å². The van der Waals surface area contributed by atoms with E-state index in [1.807, 2.05) is 0 Å². The zero-order valence-electron chi connectivity index (χ0n) is 9.05. The van der Waals surface area contributed by atoms with Crippen LogP contribution in [0, 0.1) is 0 Å². The van der Waals surface area contributed by atoms with E-state index in [1.54, 1.807) is 0 Å². The van der Waals surface area contributed by atoms with E-state index in [4.69, 9.17) is 18.0 Å². The highest BCUT2D eigenvalue weighted by Crippen LogP contribution is 2.02. The SMILES string of the molecule is CCCN(CCCC(N)=S)C(C)C. The Bertz CT molecular complexity index is 146. The summed E-state index contributed by atoms with van der Waals surface area (Å²) in [5, 5.41) is 0. The largest absolute Gasteiger partial charge is 0.393 e. The van der Waals surface area contributed by atoms with Crippen molar-refractivity contribution in [2.24, 2.45) is 5.73 Å². The molecular weight excluding hydrogens is 180 g/mol. The summed E-state index contributed by atoms with van der Waals surface area (Å²) in [6, 6.07) is 0.631. The molecule has 0 unspecified atom stereocenters. The molecule has 0 amide bonds. The molecule has 0 spiro atoms.